The molecule has 0 radical (unpaired) electrons. The SMILES string of the molecule is CC1=Nc2c(c(=O)n(CCCC[C@@H](C)O)c(=O)n2C)C(N(C)C)C1. The molecule has 0 aromatic carbocycles. The molecule has 0 aliphatic carbocycles. The highest BCUT2D eigenvalue weighted by atomic mass is 16.3. The molecular formula is C17H28N4O3. The van der Waals surface area contributed by atoms with Crippen LogP contribution in [-0.2, 0) is 13.6 Å². The summed E-state index contributed by atoms with van der Waals surface area (Å²) in [7, 11) is 5.54. The fraction of sp³-hybridized carbons (Fsp3) is 0.706. The molecule has 0 fully saturated rings. The summed E-state index contributed by atoms with van der Waals surface area (Å²) in [4.78, 5) is 32.0. The molecule has 24 heavy (non-hydrogen) atoms. The molecular weight excluding hydrogens is 308 g/mol. The van der Waals surface area contributed by atoms with Crippen LogP contribution in [0.4, 0.5) is 5.82 Å². The van der Waals surface area contributed by atoms with Gasteiger partial charge in [0.15, 0.2) is 0 Å². The minimum atomic E-state index is -0.358. The van der Waals surface area contributed by atoms with Gasteiger partial charge in [-0.3, -0.25) is 13.9 Å². The van der Waals surface area contributed by atoms with E-state index in [1.807, 2.05) is 25.9 Å². The highest BCUT2D eigenvalue weighted by molar-refractivity contribution is 5.87. The third kappa shape index (κ3) is 3.67. The van der Waals surface area contributed by atoms with Crippen molar-refractivity contribution >= 4 is 11.5 Å². The summed E-state index contributed by atoms with van der Waals surface area (Å²) in [6, 6.07) is -0.0690. The number of fused-ring (bicyclic) bond motifs is 1. The first-order valence-electron chi connectivity index (χ1n) is 8.46. The third-order valence-corrected chi connectivity index (χ3v) is 4.55. The van der Waals surface area contributed by atoms with E-state index >= 15 is 0 Å². The third-order valence-electron chi connectivity index (χ3n) is 4.55. The number of nitrogens with zero attached hydrogens (tertiary/aromatic N) is 4. The summed E-state index contributed by atoms with van der Waals surface area (Å²) in [6.07, 6.45) is 2.47. The van der Waals surface area contributed by atoms with Crippen LogP contribution >= 0.6 is 0 Å². The molecule has 1 aromatic rings. The molecule has 1 aliphatic heterocycles. The zero-order valence-electron chi connectivity index (χ0n) is 15.2. The summed E-state index contributed by atoms with van der Waals surface area (Å²) in [5.74, 6) is 0.479. The van der Waals surface area contributed by atoms with Crippen molar-refractivity contribution in [2.45, 2.75) is 58.2 Å². The smallest absolute Gasteiger partial charge is 0.332 e. The Labute approximate surface area is 142 Å². The zero-order chi connectivity index (χ0) is 18.0. The number of aliphatic hydroxyl groups excluding tert-OH is 1. The summed E-state index contributed by atoms with van der Waals surface area (Å²) >= 11 is 0. The Kier molecular flexibility index (Phi) is 5.77. The second-order valence-corrected chi connectivity index (χ2v) is 6.91. The maximum Gasteiger partial charge on any atom is 0.332 e. The highest BCUT2D eigenvalue weighted by Crippen LogP contribution is 2.31. The Bertz CT molecular complexity index is 743. The van der Waals surface area contributed by atoms with Crippen molar-refractivity contribution in [1.29, 1.82) is 0 Å². The zero-order valence-corrected chi connectivity index (χ0v) is 15.2. The minimum absolute atomic E-state index is 0.0690. The fourth-order valence-electron chi connectivity index (χ4n) is 3.16. The molecule has 2 heterocycles. The van der Waals surface area contributed by atoms with Crippen LogP contribution in [-0.4, -0.2) is 45.1 Å². The van der Waals surface area contributed by atoms with E-state index in [2.05, 4.69) is 4.99 Å². The van der Waals surface area contributed by atoms with Gasteiger partial charge < -0.3 is 10.0 Å². The molecule has 1 aliphatic rings. The van der Waals surface area contributed by atoms with Gasteiger partial charge >= 0.3 is 5.69 Å². The molecule has 134 valence electrons. The van der Waals surface area contributed by atoms with Crippen molar-refractivity contribution in [2.24, 2.45) is 12.0 Å². The normalized spacial score (nSPS) is 18.5. The number of aliphatic hydroxyl groups is 1. The van der Waals surface area contributed by atoms with Crippen molar-refractivity contribution in [3.05, 3.63) is 26.4 Å². The van der Waals surface area contributed by atoms with E-state index in [0.717, 1.165) is 12.1 Å². The van der Waals surface area contributed by atoms with Gasteiger partial charge in [-0.1, -0.05) is 0 Å². The molecule has 1 N–H and O–H groups in total. The predicted octanol–water partition coefficient (Wildman–Crippen LogP) is 1.20. The Morgan fingerprint density at radius 1 is 1.33 bits per heavy atom. The average molecular weight is 336 g/mol. The lowest BCUT2D eigenvalue weighted by Gasteiger charge is -2.29. The van der Waals surface area contributed by atoms with Crippen LogP contribution in [0.2, 0.25) is 0 Å². The molecule has 7 nitrogen and oxygen atoms in total. The maximum atomic E-state index is 12.9. The number of unbranched alkanes of at least 4 members (excludes halogenated alkanes) is 1. The molecule has 1 aromatic heterocycles. The van der Waals surface area contributed by atoms with Crippen LogP contribution in [0, 0.1) is 0 Å². The summed E-state index contributed by atoms with van der Waals surface area (Å²) in [5, 5.41) is 9.33. The van der Waals surface area contributed by atoms with Crippen molar-refractivity contribution in [3.8, 4) is 0 Å². The van der Waals surface area contributed by atoms with Gasteiger partial charge in [-0.05, 0) is 47.2 Å². The van der Waals surface area contributed by atoms with Crippen molar-refractivity contribution in [1.82, 2.24) is 14.0 Å². The lowest BCUT2D eigenvalue weighted by Crippen LogP contribution is -2.44. The van der Waals surface area contributed by atoms with Crippen LogP contribution in [0.1, 0.15) is 51.1 Å². The van der Waals surface area contributed by atoms with Crippen LogP contribution < -0.4 is 11.2 Å². The number of hydrogen-bond acceptors (Lipinski definition) is 5. The van der Waals surface area contributed by atoms with Crippen LogP contribution in [0.15, 0.2) is 14.6 Å². The lowest BCUT2D eigenvalue weighted by atomic mass is 9.99. The monoisotopic (exact) mass is 336 g/mol. The molecule has 2 rings (SSSR count). The maximum absolute atomic E-state index is 12.9. The topological polar surface area (TPSA) is 79.8 Å². The second kappa shape index (κ2) is 7.44. The van der Waals surface area contributed by atoms with E-state index in [1.165, 1.54) is 9.13 Å². The molecule has 0 saturated heterocycles. The van der Waals surface area contributed by atoms with E-state index in [-0.39, 0.29) is 23.4 Å². The van der Waals surface area contributed by atoms with Crippen molar-refractivity contribution < 1.29 is 5.11 Å². The van der Waals surface area contributed by atoms with Gasteiger partial charge in [-0.2, -0.15) is 0 Å². The van der Waals surface area contributed by atoms with E-state index in [9.17, 15) is 14.7 Å². The summed E-state index contributed by atoms with van der Waals surface area (Å²) < 4.78 is 2.79. The first kappa shape index (κ1) is 18.6. The van der Waals surface area contributed by atoms with Gasteiger partial charge in [0.1, 0.15) is 5.82 Å². The molecule has 1 unspecified atom stereocenters. The van der Waals surface area contributed by atoms with E-state index in [4.69, 9.17) is 0 Å². The standard InChI is InChI=1S/C17H28N4O3/c1-11-10-13(19(3)4)14-15(18-11)20(5)17(24)21(16(14)23)9-7-6-8-12(2)22/h12-13,22H,6-10H2,1-5H3/t12-,13?/m1/s1. The van der Waals surface area contributed by atoms with Crippen LogP contribution in [0.3, 0.4) is 0 Å². The van der Waals surface area contributed by atoms with E-state index < -0.39 is 0 Å². The fourth-order valence-corrected chi connectivity index (χ4v) is 3.16. The van der Waals surface area contributed by atoms with Crippen molar-refractivity contribution in [3.63, 3.8) is 0 Å². The lowest BCUT2D eigenvalue weighted by molar-refractivity contribution is 0.180. The quantitative estimate of drug-likeness (QED) is 0.792. The number of aromatic nitrogens is 2. The van der Waals surface area contributed by atoms with Gasteiger partial charge in [0.25, 0.3) is 5.56 Å². The predicted molar refractivity (Wildman–Crippen MR) is 95.3 cm³/mol. The van der Waals surface area contributed by atoms with Crippen molar-refractivity contribution in [2.75, 3.05) is 14.1 Å². The second-order valence-electron chi connectivity index (χ2n) is 6.91. The Morgan fingerprint density at radius 2 is 2.00 bits per heavy atom. The van der Waals surface area contributed by atoms with Gasteiger partial charge in [-0.15, -0.1) is 0 Å². The molecule has 7 heteroatoms. The first-order valence-corrected chi connectivity index (χ1v) is 8.46. The first-order chi connectivity index (χ1) is 11.2. The van der Waals surface area contributed by atoms with Gasteiger partial charge in [-0.25, -0.2) is 9.79 Å². The molecule has 2 atom stereocenters. The van der Waals surface area contributed by atoms with E-state index in [0.29, 0.717) is 37.2 Å². The van der Waals surface area contributed by atoms with Crippen LogP contribution in [0.25, 0.3) is 0 Å². The molecule has 0 amide bonds. The number of aliphatic imine (C=N–C) groups is 1. The Hall–Kier alpha value is -1.73. The largest absolute Gasteiger partial charge is 0.393 e. The Morgan fingerprint density at radius 3 is 2.58 bits per heavy atom. The van der Waals surface area contributed by atoms with E-state index in [1.54, 1.807) is 14.0 Å². The van der Waals surface area contributed by atoms with Gasteiger partial charge in [0.05, 0.1) is 11.7 Å². The number of rotatable bonds is 6. The summed E-state index contributed by atoms with van der Waals surface area (Å²) in [5.41, 5.74) is 0.959. The molecule has 0 saturated carbocycles. The molecule has 0 spiro atoms. The number of hydrogen-bond donors (Lipinski definition) is 1. The minimum Gasteiger partial charge on any atom is -0.393 e. The highest BCUT2D eigenvalue weighted by Gasteiger charge is 2.29. The summed E-state index contributed by atoms with van der Waals surface area (Å²) in [6.45, 7) is 4.03. The average Bonchev–Trinajstić information content (AvgIpc) is 2.50. The van der Waals surface area contributed by atoms with Gasteiger partial charge in [0.2, 0.25) is 0 Å². The molecule has 0 bridgehead atoms. The van der Waals surface area contributed by atoms with Gasteiger partial charge in [0, 0.05) is 31.8 Å². The Balaban J connectivity index is 2.45. The van der Waals surface area contributed by atoms with Crippen LogP contribution in [0.5, 0.6) is 0 Å².